The van der Waals surface area contributed by atoms with Crippen LogP contribution in [0.4, 0.5) is 0 Å². The highest BCUT2D eigenvalue weighted by molar-refractivity contribution is 5.86. The van der Waals surface area contributed by atoms with Crippen molar-refractivity contribution < 1.29 is 14.6 Å². The van der Waals surface area contributed by atoms with Crippen LogP contribution in [0.3, 0.4) is 0 Å². The Morgan fingerprint density at radius 3 is 3.06 bits per heavy atom. The Bertz CT molecular complexity index is 497. The second-order valence-corrected chi connectivity index (χ2v) is 4.48. The Hall–Kier alpha value is -1.66. The molecule has 0 bridgehead atoms. The van der Waals surface area contributed by atoms with E-state index in [1.165, 1.54) is 12.3 Å². The highest BCUT2D eigenvalue weighted by Crippen LogP contribution is 2.06. The Morgan fingerprint density at radius 2 is 2.39 bits per heavy atom. The molecule has 1 aliphatic heterocycles. The Morgan fingerprint density at radius 1 is 1.61 bits per heavy atom. The van der Waals surface area contributed by atoms with Crippen molar-refractivity contribution in [3.05, 3.63) is 34.2 Å². The lowest BCUT2D eigenvalue weighted by atomic mass is 10.2. The number of nitrogens with zero attached hydrogens (tertiary/aromatic N) is 2. The number of carboxylic acids is 1. The third-order valence-corrected chi connectivity index (χ3v) is 2.96. The molecule has 0 radical (unpaired) electrons. The first-order valence-corrected chi connectivity index (χ1v) is 5.80. The highest BCUT2D eigenvalue weighted by atomic mass is 16.5. The van der Waals surface area contributed by atoms with E-state index < -0.39 is 11.4 Å². The number of hydrogen-bond donors (Lipinski definition) is 1. The number of morpholine rings is 1. The number of carbonyl (C=O) groups is 1. The molecular formula is C12H16N2O4. The van der Waals surface area contributed by atoms with Crippen LogP contribution < -0.4 is 5.43 Å². The average Bonchev–Trinajstić information content (AvgIpc) is 2.31. The smallest absolute Gasteiger partial charge is 0.341 e. The van der Waals surface area contributed by atoms with Crippen LogP contribution in [0.1, 0.15) is 10.4 Å². The molecule has 2 heterocycles. The molecule has 0 saturated carbocycles. The maximum Gasteiger partial charge on any atom is 0.341 e. The molecule has 0 aliphatic carbocycles. The van der Waals surface area contributed by atoms with Crippen molar-refractivity contribution >= 4 is 5.97 Å². The lowest BCUT2D eigenvalue weighted by molar-refractivity contribution is -0.0275. The second kappa shape index (κ2) is 5.32. The number of likely N-dealkylation sites (N-methyl/N-ethyl adjacent to an activating group) is 1. The van der Waals surface area contributed by atoms with Crippen LogP contribution >= 0.6 is 0 Å². The van der Waals surface area contributed by atoms with Gasteiger partial charge in [0.1, 0.15) is 5.56 Å². The standard InChI is InChI=1S/C12H16N2O4/c1-13-4-5-18-9(6-13)7-14-3-2-11(15)10(8-14)12(16)17/h2-3,8-9H,4-7H2,1H3,(H,16,17). The fourth-order valence-electron chi connectivity index (χ4n) is 2.01. The van der Waals surface area contributed by atoms with E-state index in [4.69, 9.17) is 9.84 Å². The summed E-state index contributed by atoms with van der Waals surface area (Å²) in [6.07, 6.45) is 2.97. The lowest BCUT2D eigenvalue weighted by Gasteiger charge is -2.30. The van der Waals surface area contributed by atoms with Gasteiger partial charge in [0.05, 0.1) is 12.7 Å². The van der Waals surface area contributed by atoms with Crippen molar-refractivity contribution in [3.8, 4) is 0 Å². The highest BCUT2D eigenvalue weighted by Gasteiger charge is 2.18. The van der Waals surface area contributed by atoms with Crippen molar-refractivity contribution in [2.24, 2.45) is 0 Å². The molecule has 0 spiro atoms. The van der Waals surface area contributed by atoms with Crippen molar-refractivity contribution in [2.75, 3.05) is 26.7 Å². The van der Waals surface area contributed by atoms with Gasteiger partial charge in [0.15, 0.2) is 5.43 Å². The van der Waals surface area contributed by atoms with Gasteiger partial charge in [0.2, 0.25) is 0 Å². The Balaban J connectivity index is 2.12. The zero-order chi connectivity index (χ0) is 13.1. The zero-order valence-electron chi connectivity index (χ0n) is 10.2. The fraction of sp³-hybridized carbons (Fsp3) is 0.500. The van der Waals surface area contributed by atoms with Gasteiger partial charge in [-0.3, -0.25) is 4.79 Å². The van der Waals surface area contributed by atoms with E-state index in [1.807, 2.05) is 7.05 Å². The van der Waals surface area contributed by atoms with E-state index >= 15 is 0 Å². The third-order valence-electron chi connectivity index (χ3n) is 2.96. The molecule has 0 aromatic carbocycles. The molecule has 1 N–H and O–H groups in total. The first-order valence-electron chi connectivity index (χ1n) is 5.80. The van der Waals surface area contributed by atoms with Crippen LogP contribution in [0.25, 0.3) is 0 Å². The largest absolute Gasteiger partial charge is 0.477 e. The van der Waals surface area contributed by atoms with Gasteiger partial charge in [0, 0.05) is 38.1 Å². The minimum Gasteiger partial charge on any atom is -0.477 e. The SMILES string of the molecule is CN1CCOC(Cn2ccc(=O)c(C(=O)O)c2)C1. The van der Waals surface area contributed by atoms with Gasteiger partial charge >= 0.3 is 5.97 Å². The predicted molar refractivity (Wildman–Crippen MR) is 64.9 cm³/mol. The van der Waals surface area contributed by atoms with Gasteiger partial charge in [-0.15, -0.1) is 0 Å². The minimum atomic E-state index is -1.20. The molecule has 0 amide bonds. The number of aromatic nitrogens is 1. The summed E-state index contributed by atoms with van der Waals surface area (Å²) in [5.41, 5.74) is -0.679. The molecule has 1 unspecified atom stereocenters. The molecule has 98 valence electrons. The van der Waals surface area contributed by atoms with Crippen LogP contribution in [0.15, 0.2) is 23.3 Å². The number of aromatic carboxylic acids is 1. The van der Waals surface area contributed by atoms with Crippen LogP contribution in [-0.4, -0.2) is 53.4 Å². The molecule has 1 atom stereocenters. The van der Waals surface area contributed by atoms with E-state index in [-0.39, 0.29) is 11.7 Å². The van der Waals surface area contributed by atoms with E-state index in [9.17, 15) is 9.59 Å². The number of rotatable bonds is 3. The van der Waals surface area contributed by atoms with Gasteiger partial charge < -0.3 is 19.3 Å². The van der Waals surface area contributed by atoms with E-state index in [1.54, 1.807) is 10.8 Å². The van der Waals surface area contributed by atoms with Crippen molar-refractivity contribution in [1.82, 2.24) is 9.47 Å². The van der Waals surface area contributed by atoms with Gasteiger partial charge in [-0.1, -0.05) is 0 Å². The monoisotopic (exact) mass is 252 g/mol. The Labute approximate surface area is 104 Å². The minimum absolute atomic E-state index is 0.0212. The number of pyridine rings is 1. The summed E-state index contributed by atoms with van der Waals surface area (Å²) < 4.78 is 7.28. The maximum atomic E-state index is 11.3. The number of carboxylic acid groups (broad SMARTS) is 1. The van der Waals surface area contributed by atoms with Crippen molar-refractivity contribution in [3.63, 3.8) is 0 Å². The van der Waals surface area contributed by atoms with E-state index in [0.717, 1.165) is 13.1 Å². The van der Waals surface area contributed by atoms with Crippen LogP contribution in [0.2, 0.25) is 0 Å². The van der Waals surface area contributed by atoms with Crippen molar-refractivity contribution in [2.45, 2.75) is 12.6 Å². The van der Waals surface area contributed by atoms with Gasteiger partial charge in [-0.2, -0.15) is 0 Å². The molecule has 6 heteroatoms. The number of ether oxygens (including phenoxy) is 1. The molecule has 1 aliphatic rings. The van der Waals surface area contributed by atoms with Gasteiger partial charge in [0.25, 0.3) is 0 Å². The Kier molecular flexibility index (Phi) is 3.78. The summed E-state index contributed by atoms with van der Waals surface area (Å²) in [4.78, 5) is 24.4. The third kappa shape index (κ3) is 2.96. The van der Waals surface area contributed by atoms with Crippen LogP contribution in [0.5, 0.6) is 0 Å². The zero-order valence-corrected chi connectivity index (χ0v) is 10.2. The predicted octanol–water partition coefficient (Wildman–Crippen LogP) is -0.123. The average molecular weight is 252 g/mol. The van der Waals surface area contributed by atoms with Crippen molar-refractivity contribution in [1.29, 1.82) is 0 Å². The van der Waals surface area contributed by atoms with Crippen LogP contribution in [-0.2, 0) is 11.3 Å². The molecule has 2 rings (SSSR count). The topological polar surface area (TPSA) is 71.8 Å². The summed E-state index contributed by atoms with van der Waals surface area (Å²) >= 11 is 0. The lowest BCUT2D eigenvalue weighted by Crippen LogP contribution is -2.42. The maximum absolute atomic E-state index is 11.3. The summed E-state index contributed by atoms with van der Waals surface area (Å²) in [5, 5.41) is 8.89. The summed E-state index contributed by atoms with van der Waals surface area (Å²) in [5.74, 6) is -1.20. The molecule has 1 saturated heterocycles. The molecule has 6 nitrogen and oxygen atoms in total. The summed E-state index contributed by atoms with van der Waals surface area (Å²) in [6.45, 7) is 2.92. The van der Waals surface area contributed by atoms with E-state index in [2.05, 4.69) is 4.90 Å². The van der Waals surface area contributed by atoms with E-state index in [0.29, 0.717) is 13.2 Å². The second-order valence-electron chi connectivity index (χ2n) is 4.48. The summed E-state index contributed by atoms with van der Waals surface area (Å²) in [6, 6.07) is 1.27. The summed E-state index contributed by atoms with van der Waals surface area (Å²) in [7, 11) is 2.02. The quantitative estimate of drug-likeness (QED) is 0.812. The fourth-order valence-corrected chi connectivity index (χ4v) is 2.01. The normalized spacial score (nSPS) is 20.8. The van der Waals surface area contributed by atoms with Gasteiger partial charge in [-0.25, -0.2) is 4.79 Å². The molecule has 18 heavy (non-hydrogen) atoms. The van der Waals surface area contributed by atoms with Crippen LogP contribution in [0, 0.1) is 0 Å². The molecule has 1 aromatic heterocycles. The number of hydrogen-bond acceptors (Lipinski definition) is 4. The first kappa shape index (κ1) is 12.8. The molecule has 1 aromatic rings. The molecular weight excluding hydrogens is 236 g/mol. The first-order chi connectivity index (χ1) is 8.56. The molecule has 1 fully saturated rings. The van der Waals surface area contributed by atoms with Gasteiger partial charge in [-0.05, 0) is 7.05 Å².